The van der Waals surface area contributed by atoms with Crippen molar-refractivity contribution in [2.45, 2.75) is 30.2 Å². The predicted molar refractivity (Wildman–Crippen MR) is 95.5 cm³/mol. The molecule has 7 nitrogen and oxygen atoms in total. The minimum atomic E-state index is -3.84. The van der Waals surface area contributed by atoms with Gasteiger partial charge in [0, 0.05) is 11.9 Å². The van der Waals surface area contributed by atoms with Crippen LogP contribution in [0.15, 0.2) is 41.3 Å². The van der Waals surface area contributed by atoms with Gasteiger partial charge < -0.3 is 10.0 Å². The van der Waals surface area contributed by atoms with Gasteiger partial charge in [-0.2, -0.15) is 0 Å². The Balaban J connectivity index is 1.73. The molecule has 1 amide bonds. The van der Waals surface area contributed by atoms with E-state index in [4.69, 9.17) is 0 Å². The first-order chi connectivity index (χ1) is 12.3. The number of carboxylic acid groups (broad SMARTS) is 1. The maximum Gasteiger partial charge on any atom is 0.329 e. The molecule has 0 bridgehead atoms. The molecule has 0 saturated carbocycles. The Hall–Kier alpha value is -2.61. The number of hydrogen-bond donors (Lipinski definition) is 1. The third-order valence-electron chi connectivity index (χ3n) is 5.36. The van der Waals surface area contributed by atoms with Crippen LogP contribution in [0, 0.1) is 0 Å². The van der Waals surface area contributed by atoms with Crippen LogP contribution in [0.25, 0.3) is 10.8 Å². The lowest BCUT2D eigenvalue weighted by molar-refractivity contribution is -0.154. The van der Waals surface area contributed by atoms with E-state index in [2.05, 4.69) is 0 Å². The van der Waals surface area contributed by atoms with Crippen molar-refractivity contribution in [2.24, 2.45) is 0 Å². The molecule has 136 valence electrons. The van der Waals surface area contributed by atoms with Crippen LogP contribution in [0.5, 0.6) is 0 Å². The number of nitrogens with zero attached hydrogens (tertiary/aromatic N) is 2. The molecular weight excluding hydrogens is 356 g/mol. The van der Waals surface area contributed by atoms with E-state index in [9.17, 15) is 23.1 Å². The Morgan fingerprint density at radius 1 is 1.19 bits per heavy atom. The Kier molecular flexibility index (Phi) is 3.52. The Morgan fingerprint density at radius 2 is 1.88 bits per heavy atom. The fraction of sp³-hybridized carbons (Fsp3) is 0.333. The zero-order valence-electron chi connectivity index (χ0n) is 14.2. The monoisotopic (exact) mass is 374 g/mol. The molecular formula is C18H18N2O5S. The van der Waals surface area contributed by atoms with Crippen molar-refractivity contribution in [2.75, 3.05) is 17.4 Å². The molecule has 0 aliphatic carbocycles. The largest absolute Gasteiger partial charge is 0.480 e. The molecule has 0 aromatic heterocycles. The molecule has 4 rings (SSSR count). The van der Waals surface area contributed by atoms with E-state index >= 15 is 0 Å². The number of aliphatic carboxylic acids is 1. The van der Waals surface area contributed by atoms with Gasteiger partial charge in [-0.3, -0.25) is 9.10 Å². The van der Waals surface area contributed by atoms with Crippen LogP contribution in [0.1, 0.15) is 19.8 Å². The first kappa shape index (κ1) is 16.8. The average Bonchev–Trinajstić information content (AvgIpc) is 3.10. The maximum atomic E-state index is 12.9. The summed E-state index contributed by atoms with van der Waals surface area (Å²) >= 11 is 0. The zero-order valence-corrected chi connectivity index (χ0v) is 15.0. The first-order valence-corrected chi connectivity index (χ1v) is 9.79. The van der Waals surface area contributed by atoms with E-state index in [1.165, 1.54) is 17.9 Å². The highest BCUT2D eigenvalue weighted by molar-refractivity contribution is 7.93. The average molecular weight is 374 g/mol. The summed E-state index contributed by atoms with van der Waals surface area (Å²) in [6.45, 7) is 1.42. The number of carbonyl (C=O) groups excluding carboxylic acids is 1. The SMILES string of the molecule is CC1(C(=O)O)CCCN1C(=O)CN1c2cccc3cccc(c23)S1(=O)=O. The van der Waals surface area contributed by atoms with Gasteiger partial charge in [-0.15, -0.1) is 0 Å². The normalized spacial score (nSPS) is 23.6. The molecule has 1 unspecified atom stereocenters. The fourth-order valence-corrected chi connectivity index (χ4v) is 5.58. The number of rotatable bonds is 3. The van der Waals surface area contributed by atoms with Crippen LogP contribution in [-0.2, 0) is 19.6 Å². The quantitative estimate of drug-likeness (QED) is 0.884. The molecule has 2 aliphatic rings. The molecule has 2 aromatic rings. The van der Waals surface area contributed by atoms with Crippen molar-refractivity contribution in [1.82, 2.24) is 4.90 Å². The number of likely N-dealkylation sites (tertiary alicyclic amines) is 1. The Labute approximate surface area is 150 Å². The van der Waals surface area contributed by atoms with Crippen LogP contribution >= 0.6 is 0 Å². The van der Waals surface area contributed by atoms with E-state index in [1.54, 1.807) is 18.2 Å². The molecule has 1 saturated heterocycles. The molecule has 1 fully saturated rings. The van der Waals surface area contributed by atoms with Crippen molar-refractivity contribution in [3.05, 3.63) is 36.4 Å². The number of hydrogen-bond acceptors (Lipinski definition) is 4. The summed E-state index contributed by atoms with van der Waals surface area (Å²) in [6, 6.07) is 10.3. The minimum Gasteiger partial charge on any atom is -0.480 e. The fourth-order valence-electron chi connectivity index (χ4n) is 3.92. The Bertz CT molecular complexity index is 1040. The number of carboxylic acids is 1. The highest BCUT2D eigenvalue weighted by atomic mass is 32.2. The zero-order chi connectivity index (χ0) is 18.7. The van der Waals surface area contributed by atoms with E-state index < -0.39 is 34.0 Å². The predicted octanol–water partition coefficient (Wildman–Crippen LogP) is 1.81. The van der Waals surface area contributed by atoms with E-state index in [0.717, 1.165) is 9.69 Å². The lowest BCUT2D eigenvalue weighted by atomic mass is 9.99. The second-order valence-electron chi connectivity index (χ2n) is 6.87. The molecule has 8 heteroatoms. The number of anilines is 1. The van der Waals surface area contributed by atoms with Crippen molar-refractivity contribution in [3.63, 3.8) is 0 Å². The minimum absolute atomic E-state index is 0.181. The highest BCUT2D eigenvalue weighted by Crippen LogP contribution is 2.42. The van der Waals surface area contributed by atoms with Gasteiger partial charge in [-0.1, -0.05) is 24.3 Å². The van der Waals surface area contributed by atoms with Gasteiger partial charge in [-0.05, 0) is 37.3 Å². The number of sulfonamides is 1. The summed E-state index contributed by atoms with van der Waals surface area (Å²) < 4.78 is 27.0. The van der Waals surface area contributed by atoms with Crippen molar-refractivity contribution in [3.8, 4) is 0 Å². The molecule has 2 heterocycles. The third-order valence-corrected chi connectivity index (χ3v) is 7.16. The van der Waals surface area contributed by atoms with E-state index in [-0.39, 0.29) is 4.90 Å². The van der Waals surface area contributed by atoms with Crippen LogP contribution in [0.2, 0.25) is 0 Å². The standard InChI is InChI=1S/C18H18N2O5S/c1-18(17(22)23)9-4-10-19(18)15(21)11-20-13-7-2-5-12-6-3-8-14(16(12)13)26(20,24)25/h2-3,5-8H,4,9-11H2,1H3,(H,22,23). The summed E-state index contributed by atoms with van der Waals surface area (Å²) in [7, 11) is -3.84. The van der Waals surface area contributed by atoms with Crippen LogP contribution in [0.4, 0.5) is 5.69 Å². The third kappa shape index (κ3) is 2.14. The second-order valence-corrected chi connectivity index (χ2v) is 8.70. The van der Waals surface area contributed by atoms with Gasteiger partial charge >= 0.3 is 5.97 Å². The van der Waals surface area contributed by atoms with Gasteiger partial charge in [-0.25, -0.2) is 13.2 Å². The summed E-state index contributed by atoms with van der Waals surface area (Å²) in [6.07, 6.45) is 0.938. The highest BCUT2D eigenvalue weighted by Gasteiger charge is 2.47. The molecule has 1 atom stereocenters. The molecule has 1 N–H and O–H groups in total. The smallest absolute Gasteiger partial charge is 0.329 e. The number of benzene rings is 2. The first-order valence-electron chi connectivity index (χ1n) is 8.35. The van der Waals surface area contributed by atoms with Gasteiger partial charge in [0.1, 0.15) is 12.1 Å². The van der Waals surface area contributed by atoms with Crippen LogP contribution < -0.4 is 4.31 Å². The number of carbonyl (C=O) groups is 2. The van der Waals surface area contributed by atoms with Gasteiger partial charge in [0.15, 0.2) is 0 Å². The molecule has 2 aliphatic heterocycles. The summed E-state index contributed by atoms with van der Waals surface area (Å²) in [4.78, 5) is 25.9. The Morgan fingerprint density at radius 3 is 2.58 bits per heavy atom. The second kappa shape index (κ2) is 5.44. The lowest BCUT2D eigenvalue weighted by Gasteiger charge is -2.32. The van der Waals surface area contributed by atoms with Gasteiger partial charge in [0.25, 0.3) is 10.0 Å². The van der Waals surface area contributed by atoms with Crippen molar-refractivity contribution >= 4 is 38.4 Å². The summed E-state index contributed by atoms with van der Waals surface area (Å²) in [5.41, 5.74) is -0.831. The van der Waals surface area contributed by atoms with Crippen LogP contribution in [-0.4, -0.2) is 48.9 Å². The molecule has 0 radical (unpaired) electrons. The summed E-state index contributed by atoms with van der Waals surface area (Å²) in [5, 5.41) is 10.9. The lowest BCUT2D eigenvalue weighted by Crippen LogP contribution is -2.53. The molecule has 26 heavy (non-hydrogen) atoms. The molecule has 0 spiro atoms. The van der Waals surface area contributed by atoms with Crippen molar-refractivity contribution in [1.29, 1.82) is 0 Å². The number of amides is 1. The van der Waals surface area contributed by atoms with E-state index in [1.807, 2.05) is 12.1 Å². The topological polar surface area (TPSA) is 95.0 Å². The maximum absolute atomic E-state index is 12.9. The molecule has 2 aromatic carbocycles. The van der Waals surface area contributed by atoms with E-state index in [0.29, 0.717) is 30.5 Å². The van der Waals surface area contributed by atoms with Crippen molar-refractivity contribution < 1.29 is 23.1 Å². The van der Waals surface area contributed by atoms with Gasteiger partial charge in [0.05, 0.1) is 10.6 Å². The summed E-state index contributed by atoms with van der Waals surface area (Å²) in [5.74, 6) is -1.57. The van der Waals surface area contributed by atoms with Gasteiger partial charge in [0.2, 0.25) is 5.91 Å². The van der Waals surface area contributed by atoms with Crippen LogP contribution in [0.3, 0.4) is 0 Å².